The van der Waals surface area contributed by atoms with E-state index < -0.39 is 0 Å². The van der Waals surface area contributed by atoms with Gasteiger partial charge in [0.25, 0.3) is 0 Å². The molecule has 1 unspecified atom stereocenters. The third-order valence-corrected chi connectivity index (χ3v) is 2.64. The summed E-state index contributed by atoms with van der Waals surface area (Å²) >= 11 is 6.25. The molecule has 0 aliphatic rings. The van der Waals surface area contributed by atoms with Gasteiger partial charge in [0.15, 0.2) is 0 Å². The number of benzene rings is 1. The first-order valence-corrected chi connectivity index (χ1v) is 5.71. The standard InChI is InChI=1S/C13H19Cl/c1-10(2)8-13(14)9-12-6-4-11(3)5-7-12/h4-7,10,13H,8-9H2,1-3H3. The Morgan fingerprint density at radius 1 is 1.14 bits per heavy atom. The molecule has 0 nitrogen and oxygen atoms in total. The molecule has 1 rings (SSSR count). The van der Waals surface area contributed by atoms with Crippen LogP contribution in [0.4, 0.5) is 0 Å². The van der Waals surface area contributed by atoms with Gasteiger partial charge in [-0.3, -0.25) is 0 Å². The Kier molecular flexibility index (Phi) is 4.47. The van der Waals surface area contributed by atoms with E-state index in [2.05, 4.69) is 45.0 Å². The van der Waals surface area contributed by atoms with Crippen molar-refractivity contribution in [2.75, 3.05) is 0 Å². The van der Waals surface area contributed by atoms with Crippen molar-refractivity contribution >= 4 is 11.6 Å². The number of hydrogen-bond acceptors (Lipinski definition) is 0. The number of aryl methyl sites for hydroxylation is 1. The van der Waals surface area contributed by atoms with Crippen LogP contribution >= 0.6 is 11.6 Å². The largest absolute Gasteiger partial charge is 0.123 e. The van der Waals surface area contributed by atoms with Crippen molar-refractivity contribution in [2.24, 2.45) is 5.92 Å². The maximum absolute atomic E-state index is 6.25. The van der Waals surface area contributed by atoms with Crippen molar-refractivity contribution < 1.29 is 0 Å². The lowest BCUT2D eigenvalue weighted by Gasteiger charge is -2.11. The van der Waals surface area contributed by atoms with Crippen LogP contribution in [0.5, 0.6) is 0 Å². The van der Waals surface area contributed by atoms with Crippen LogP contribution in [-0.4, -0.2) is 5.38 Å². The van der Waals surface area contributed by atoms with Crippen molar-refractivity contribution in [3.05, 3.63) is 35.4 Å². The molecule has 14 heavy (non-hydrogen) atoms. The highest BCUT2D eigenvalue weighted by Gasteiger charge is 2.07. The highest BCUT2D eigenvalue weighted by atomic mass is 35.5. The fourth-order valence-electron chi connectivity index (χ4n) is 1.57. The van der Waals surface area contributed by atoms with E-state index in [9.17, 15) is 0 Å². The van der Waals surface area contributed by atoms with E-state index in [1.807, 2.05) is 0 Å². The van der Waals surface area contributed by atoms with E-state index in [-0.39, 0.29) is 5.38 Å². The summed E-state index contributed by atoms with van der Waals surface area (Å²) < 4.78 is 0. The summed E-state index contributed by atoms with van der Waals surface area (Å²) in [5, 5.41) is 0.276. The van der Waals surface area contributed by atoms with Gasteiger partial charge >= 0.3 is 0 Å². The van der Waals surface area contributed by atoms with Crippen molar-refractivity contribution in [1.82, 2.24) is 0 Å². The van der Waals surface area contributed by atoms with Crippen LogP contribution in [0.3, 0.4) is 0 Å². The van der Waals surface area contributed by atoms with Crippen molar-refractivity contribution in [2.45, 2.75) is 39.0 Å². The molecule has 0 heterocycles. The van der Waals surface area contributed by atoms with Gasteiger partial charge in [-0.05, 0) is 31.2 Å². The van der Waals surface area contributed by atoms with Crippen molar-refractivity contribution in [3.63, 3.8) is 0 Å². The highest BCUT2D eigenvalue weighted by Crippen LogP contribution is 2.16. The first-order valence-electron chi connectivity index (χ1n) is 5.27. The lowest BCUT2D eigenvalue weighted by Crippen LogP contribution is -2.06. The number of halogens is 1. The minimum Gasteiger partial charge on any atom is -0.123 e. The summed E-state index contributed by atoms with van der Waals surface area (Å²) in [5.74, 6) is 0.683. The molecule has 0 spiro atoms. The zero-order chi connectivity index (χ0) is 10.6. The molecule has 0 saturated heterocycles. The number of alkyl halides is 1. The first kappa shape index (κ1) is 11.6. The Morgan fingerprint density at radius 3 is 2.21 bits per heavy atom. The molecular formula is C13H19Cl. The number of rotatable bonds is 4. The van der Waals surface area contributed by atoms with E-state index in [0.29, 0.717) is 5.92 Å². The second kappa shape index (κ2) is 5.41. The maximum Gasteiger partial charge on any atom is 0.0378 e. The molecule has 1 atom stereocenters. The average Bonchev–Trinajstić information content (AvgIpc) is 2.07. The minimum absolute atomic E-state index is 0.276. The van der Waals surface area contributed by atoms with Crippen LogP contribution in [0.2, 0.25) is 0 Å². The molecule has 1 aromatic carbocycles. The summed E-state index contributed by atoms with van der Waals surface area (Å²) in [6, 6.07) is 8.64. The molecule has 0 bridgehead atoms. The van der Waals surface area contributed by atoms with Gasteiger partial charge in [0.1, 0.15) is 0 Å². The summed E-state index contributed by atoms with van der Waals surface area (Å²) in [5.41, 5.74) is 2.65. The third-order valence-electron chi connectivity index (χ3n) is 2.30. The Bertz CT molecular complexity index is 261. The first-order chi connectivity index (χ1) is 6.58. The zero-order valence-electron chi connectivity index (χ0n) is 9.26. The fourth-order valence-corrected chi connectivity index (χ4v) is 2.11. The van der Waals surface area contributed by atoms with Crippen LogP contribution in [0.15, 0.2) is 24.3 Å². The fraction of sp³-hybridized carbons (Fsp3) is 0.538. The maximum atomic E-state index is 6.25. The molecule has 78 valence electrons. The molecule has 0 aromatic heterocycles. The van der Waals surface area contributed by atoms with E-state index in [1.54, 1.807) is 0 Å². The lowest BCUT2D eigenvalue weighted by atomic mass is 10.0. The summed E-state index contributed by atoms with van der Waals surface area (Å²) in [6.07, 6.45) is 2.08. The van der Waals surface area contributed by atoms with Crippen LogP contribution in [0.1, 0.15) is 31.4 Å². The van der Waals surface area contributed by atoms with Gasteiger partial charge in [0, 0.05) is 5.38 Å². The number of hydrogen-bond donors (Lipinski definition) is 0. The molecule has 0 aliphatic carbocycles. The van der Waals surface area contributed by atoms with Crippen LogP contribution < -0.4 is 0 Å². The van der Waals surface area contributed by atoms with Crippen LogP contribution in [0.25, 0.3) is 0 Å². The van der Waals surface area contributed by atoms with Crippen molar-refractivity contribution in [3.8, 4) is 0 Å². The average molecular weight is 211 g/mol. The lowest BCUT2D eigenvalue weighted by molar-refractivity contribution is 0.561. The SMILES string of the molecule is Cc1ccc(CC(Cl)CC(C)C)cc1. The minimum atomic E-state index is 0.276. The summed E-state index contributed by atoms with van der Waals surface area (Å²) in [4.78, 5) is 0. The molecule has 0 N–H and O–H groups in total. The second-order valence-electron chi connectivity index (χ2n) is 4.42. The van der Waals surface area contributed by atoms with Gasteiger partial charge in [-0.1, -0.05) is 43.7 Å². The quantitative estimate of drug-likeness (QED) is 0.654. The van der Waals surface area contributed by atoms with Crippen LogP contribution in [-0.2, 0) is 6.42 Å². The smallest absolute Gasteiger partial charge is 0.0378 e. The van der Waals surface area contributed by atoms with E-state index in [4.69, 9.17) is 11.6 Å². The Hall–Kier alpha value is -0.490. The van der Waals surface area contributed by atoms with Gasteiger partial charge < -0.3 is 0 Å². The molecule has 0 amide bonds. The third kappa shape index (κ3) is 4.15. The Labute approximate surface area is 92.3 Å². The van der Waals surface area contributed by atoms with Crippen molar-refractivity contribution in [1.29, 1.82) is 0 Å². The summed E-state index contributed by atoms with van der Waals surface area (Å²) in [7, 11) is 0. The molecule has 0 fully saturated rings. The molecule has 0 radical (unpaired) electrons. The van der Waals surface area contributed by atoms with Crippen LogP contribution in [0, 0.1) is 12.8 Å². The molecular weight excluding hydrogens is 192 g/mol. The molecule has 0 saturated carbocycles. The second-order valence-corrected chi connectivity index (χ2v) is 5.03. The zero-order valence-corrected chi connectivity index (χ0v) is 10.0. The topological polar surface area (TPSA) is 0 Å². The Morgan fingerprint density at radius 2 is 1.71 bits per heavy atom. The monoisotopic (exact) mass is 210 g/mol. The molecule has 1 heteroatoms. The van der Waals surface area contributed by atoms with E-state index in [1.165, 1.54) is 11.1 Å². The summed E-state index contributed by atoms with van der Waals surface area (Å²) in [6.45, 7) is 6.53. The van der Waals surface area contributed by atoms with E-state index in [0.717, 1.165) is 12.8 Å². The predicted octanol–water partition coefficient (Wildman–Crippen LogP) is 4.19. The normalized spacial score (nSPS) is 13.2. The van der Waals surface area contributed by atoms with Gasteiger partial charge in [0.05, 0.1) is 0 Å². The predicted molar refractivity (Wildman–Crippen MR) is 64.0 cm³/mol. The van der Waals surface area contributed by atoms with Gasteiger partial charge in [0.2, 0.25) is 0 Å². The van der Waals surface area contributed by atoms with Gasteiger partial charge in [-0.2, -0.15) is 0 Å². The highest BCUT2D eigenvalue weighted by molar-refractivity contribution is 6.20. The van der Waals surface area contributed by atoms with Gasteiger partial charge in [-0.15, -0.1) is 11.6 Å². The van der Waals surface area contributed by atoms with Gasteiger partial charge in [-0.25, -0.2) is 0 Å². The molecule has 1 aromatic rings. The molecule has 0 aliphatic heterocycles. The Balaban J connectivity index is 2.47. The van der Waals surface area contributed by atoms with E-state index >= 15 is 0 Å².